The summed E-state index contributed by atoms with van der Waals surface area (Å²) in [6.07, 6.45) is 5.35. The maximum absolute atomic E-state index is 13.0. The fourth-order valence-electron chi connectivity index (χ4n) is 4.30. The maximum atomic E-state index is 13.0. The molecule has 10 heteroatoms. The molecule has 1 aliphatic carbocycles. The van der Waals surface area contributed by atoms with Crippen molar-refractivity contribution in [2.75, 3.05) is 40.3 Å². The van der Waals surface area contributed by atoms with Crippen molar-refractivity contribution in [2.45, 2.75) is 44.7 Å². The van der Waals surface area contributed by atoms with E-state index in [1.54, 1.807) is 22.8 Å². The van der Waals surface area contributed by atoms with Crippen molar-refractivity contribution in [2.24, 2.45) is 0 Å². The lowest BCUT2D eigenvalue weighted by Crippen LogP contribution is -2.54. The van der Waals surface area contributed by atoms with E-state index in [0.29, 0.717) is 44.4 Å². The van der Waals surface area contributed by atoms with Gasteiger partial charge in [0.2, 0.25) is 11.7 Å². The number of benzene rings is 1. The third-order valence-corrected chi connectivity index (χ3v) is 8.33. The zero-order chi connectivity index (χ0) is 21.8. The number of methoxy groups -OCH3 is 1. The molecule has 1 aromatic heterocycles. The lowest BCUT2D eigenvalue weighted by atomic mass is 9.96. The van der Waals surface area contributed by atoms with Crippen LogP contribution in [0.4, 0.5) is 0 Å². The van der Waals surface area contributed by atoms with Crippen molar-refractivity contribution in [1.29, 1.82) is 0 Å². The van der Waals surface area contributed by atoms with Gasteiger partial charge in [0.15, 0.2) is 0 Å². The number of nitrogens with zero attached hydrogens (tertiary/aromatic N) is 5. The highest BCUT2D eigenvalue weighted by Crippen LogP contribution is 2.25. The first-order valence-electron chi connectivity index (χ1n) is 10.9. The summed E-state index contributed by atoms with van der Waals surface area (Å²) in [6, 6.07) is 7.62. The minimum absolute atomic E-state index is 0.131. The van der Waals surface area contributed by atoms with E-state index >= 15 is 0 Å². The van der Waals surface area contributed by atoms with Gasteiger partial charge < -0.3 is 9.26 Å². The lowest BCUT2D eigenvalue weighted by molar-refractivity contribution is 0.155. The Morgan fingerprint density at radius 3 is 2.42 bits per heavy atom. The van der Waals surface area contributed by atoms with Crippen LogP contribution in [0.25, 0.3) is 11.4 Å². The van der Waals surface area contributed by atoms with Gasteiger partial charge in [0.05, 0.1) is 13.7 Å². The van der Waals surface area contributed by atoms with Gasteiger partial charge in [0.1, 0.15) is 5.75 Å². The molecule has 0 bridgehead atoms. The quantitative estimate of drug-likeness (QED) is 0.641. The van der Waals surface area contributed by atoms with Crippen molar-refractivity contribution in [1.82, 2.24) is 23.7 Å². The van der Waals surface area contributed by atoms with Crippen LogP contribution in [-0.2, 0) is 16.8 Å². The Labute approximate surface area is 184 Å². The maximum Gasteiger partial charge on any atom is 0.282 e. The van der Waals surface area contributed by atoms with Crippen LogP contribution in [0.2, 0.25) is 0 Å². The Balaban J connectivity index is 1.31. The minimum atomic E-state index is -3.42. The highest BCUT2D eigenvalue weighted by atomic mass is 32.2. The number of ether oxygens (including phenoxy) is 1. The summed E-state index contributed by atoms with van der Waals surface area (Å²) in [7, 11) is -0.0589. The van der Waals surface area contributed by atoms with Crippen molar-refractivity contribution in [3.05, 3.63) is 30.2 Å². The molecule has 2 fully saturated rings. The molecule has 0 spiro atoms. The fourth-order valence-corrected chi connectivity index (χ4v) is 5.88. The molecule has 31 heavy (non-hydrogen) atoms. The zero-order valence-corrected chi connectivity index (χ0v) is 19.1. The SMILES string of the molecule is COc1ccc(-c2noc(CN3CCN(S(=O)(=O)N(C)C4CCCCC4)CC3)n2)cc1. The standard InChI is InChI=1S/C21H31N5O4S/c1-24(18-6-4-3-5-7-18)31(27,28)26-14-12-25(13-15-26)16-20-22-21(23-30-20)17-8-10-19(29-2)11-9-17/h8-11,18H,3-7,12-16H2,1-2H3. The summed E-state index contributed by atoms with van der Waals surface area (Å²) in [5.41, 5.74) is 0.859. The van der Waals surface area contributed by atoms with Crippen molar-refractivity contribution in [3.8, 4) is 17.1 Å². The second kappa shape index (κ2) is 9.64. The summed E-state index contributed by atoms with van der Waals surface area (Å²) in [6.45, 7) is 2.73. The Hall–Kier alpha value is -2.01. The van der Waals surface area contributed by atoms with E-state index in [9.17, 15) is 8.42 Å². The lowest BCUT2D eigenvalue weighted by Gasteiger charge is -2.38. The Bertz CT molecular complexity index is 948. The molecule has 1 saturated carbocycles. The largest absolute Gasteiger partial charge is 0.497 e. The molecule has 2 aliphatic rings. The number of rotatable bonds is 7. The van der Waals surface area contributed by atoms with Crippen LogP contribution in [0.1, 0.15) is 38.0 Å². The first-order valence-corrected chi connectivity index (χ1v) is 12.3. The Kier molecular flexibility index (Phi) is 6.90. The third kappa shape index (κ3) is 5.08. The normalized spacial score (nSPS) is 19.7. The molecule has 2 aromatic rings. The van der Waals surface area contributed by atoms with Gasteiger partial charge in [0.25, 0.3) is 10.2 Å². The summed E-state index contributed by atoms with van der Waals surface area (Å²) in [5, 5.41) is 4.07. The molecule has 0 amide bonds. The molecule has 2 heterocycles. The monoisotopic (exact) mass is 449 g/mol. The Morgan fingerprint density at radius 1 is 1.10 bits per heavy atom. The van der Waals surface area contributed by atoms with E-state index < -0.39 is 10.2 Å². The topological polar surface area (TPSA) is 92.0 Å². The third-order valence-electron chi connectivity index (χ3n) is 6.29. The van der Waals surface area contributed by atoms with Crippen molar-refractivity contribution in [3.63, 3.8) is 0 Å². The van der Waals surface area contributed by atoms with E-state index in [1.165, 1.54) is 6.42 Å². The van der Waals surface area contributed by atoms with E-state index in [0.717, 1.165) is 37.0 Å². The second-order valence-corrected chi connectivity index (χ2v) is 10.2. The van der Waals surface area contributed by atoms with Gasteiger partial charge in [-0.1, -0.05) is 24.4 Å². The molecule has 9 nitrogen and oxygen atoms in total. The van der Waals surface area contributed by atoms with Crippen molar-refractivity contribution >= 4 is 10.2 Å². The molecule has 1 aromatic carbocycles. The van der Waals surface area contributed by atoms with E-state index in [-0.39, 0.29) is 6.04 Å². The van der Waals surface area contributed by atoms with Crippen LogP contribution in [0.3, 0.4) is 0 Å². The molecule has 1 saturated heterocycles. The number of hydrogen-bond acceptors (Lipinski definition) is 7. The average Bonchev–Trinajstić information content (AvgIpc) is 3.28. The summed E-state index contributed by atoms with van der Waals surface area (Å²) < 4.78 is 39.9. The fraction of sp³-hybridized carbons (Fsp3) is 0.619. The van der Waals surface area contributed by atoms with Crippen LogP contribution in [-0.4, -0.2) is 78.4 Å². The zero-order valence-electron chi connectivity index (χ0n) is 18.2. The molecule has 1 aliphatic heterocycles. The van der Waals surface area contributed by atoms with E-state index in [4.69, 9.17) is 9.26 Å². The van der Waals surface area contributed by atoms with Crippen LogP contribution >= 0.6 is 0 Å². The first-order chi connectivity index (χ1) is 15.0. The van der Waals surface area contributed by atoms with Crippen LogP contribution in [0.5, 0.6) is 5.75 Å². The predicted molar refractivity (Wildman–Crippen MR) is 117 cm³/mol. The van der Waals surface area contributed by atoms with Gasteiger partial charge in [-0.2, -0.15) is 22.0 Å². The van der Waals surface area contributed by atoms with Crippen LogP contribution in [0.15, 0.2) is 28.8 Å². The summed E-state index contributed by atoms with van der Waals surface area (Å²) in [4.78, 5) is 6.64. The minimum Gasteiger partial charge on any atom is -0.497 e. The predicted octanol–water partition coefficient (Wildman–Crippen LogP) is 2.37. The smallest absolute Gasteiger partial charge is 0.282 e. The van der Waals surface area contributed by atoms with Gasteiger partial charge in [-0.05, 0) is 37.1 Å². The molecule has 0 radical (unpaired) electrons. The highest BCUT2D eigenvalue weighted by molar-refractivity contribution is 7.86. The van der Waals surface area contributed by atoms with Gasteiger partial charge >= 0.3 is 0 Å². The molecule has 4 rings (SSSR count). The Morgan fingerprint density at radius 2 is 1.77 bits per heavy atom. The number of hydrogen-bond donors (Lipinski definition) is 0. The average molecular weight is 450 g/mol. The number of piperazine rings is 1. The van der Waals surface area contributed by atoms with Gasteiger partial charge in [-0.15, -0.1) is 0 Å². The molecule has 0 atom stereocenters. The first kappa shape index (κ1) is 22.2. The second-order valence-electron chi connectivity index (χ2n) is 8.23. The molecule has 170 valence electrons. The molecule has 0 N–H and O–H groups in total. The van der Waals surface area contributed by atoms with Crippen LogP contribution in [0, 0.1) is 0 Å². The van der Waals surface area contributed by atoms with Gasteiger partial charge in [-0.25, -0.2) is 0 Å². The van der Waals surface area contributed by atoms with Crippen molar-refractivity contribution < 1.29 is 17.7 Å². The summed E-state index contributed by atoms with van der Waals surface area (Å²) >= 11 is 0. The van der Waals surface area contributed by atoms with E-state index in [1.807, 2.05) is 24.3 Å². The number of aromatic nitrogens is 2. The molecular formula is C21H31N5O4S. The molecule has 0 unspecified atom stereocenters. The summed E-state index contributed by atoms with van der Waals surface area (Å²) in [5.74, 6) is 1.84. The van der Waals surface area contributed by atoms with E-state index in [2.05, 4.69) is 15.0 Å². The molecular weight excluding hydrogens is 418 g/mol. The van der Waals surface area contributed by atoms with Gasteiger partial charge in [0, 0.05) is 44.8 Å². The van der Waals surface area contributed by atoms with Crippen LogP contribution < -0.4 is 4.74 Å². The highest BCUT2D eigenvalue weighted by Gasteiger charge is 2.34. The van der Waals surface area contributed by atoms with Gasteiger partial charge in [-0.3, -0.25) is 4.90 Å².